The maximum Gasteiger partial charge on any atom is 0.237 e. The zero-order chi connectivity index (χ0) is 13.2. The van der Waals surface area contributed by atoms with Gasteiger partial charge in [-0.05, 0) is 20.4 Å². The van der Waals surface area contributed by atoms with E-state index >= 15 is 0 Å². The summed E-state index contributed by atoms with van der Waals surface area (Å²) in [7, 11) is 1.76. The average Bonchev–Trinajstić information content (AvgIpc) is 2.82. The number of rotatable bonds is 5. The Labute approximate surface area is 106 Å². The van der Waals surface area contributed by atoms with Gasteiger partial charge in [0.2, 0.25) is 5.91 Å². The number of carbonyl (C=O) groups excluding carboxylic acids is 1. The fraction of sp³-hybridized carbons (Fsp3) is 0.727. The van der Waals surface area contributed by atoms with Crippen LogP contribution in [0.2, 0.25) is 0 Å². The first-order valence-corrected chi connectivity index (χ1v) is 6.13. The van der Waals surface area contributed by atoms with Crippen molar-refractivity contribution in [2.24, 2.45) is 5.73 Å². The minimum Gasteiger partial charge on any atom is -0.368 e. The molecule has 1 aromatic rings. The van der Waals surface area contributed by atoms with Crippen molar-refractivity contribution in [3.05, 3.63) is 12.2 Å². The second-order valence-corrected chi connectivity index (χ2v) is 4.91. The molecule has 0 aromatic carbocycles. The number of nitrogens with one attached hydrogen (secondary N) is 1. The van der Waals surface area contributed by atoms with E-state index in [-0.39, 0.29) is 5.91 Å². The van der Waals surface area contributed by atoms with Gasteiger partial charge in [0.05, 0.1) is 12.1 Å². The number of fused-ring (bicyclic) bond motifs is 1. The molecule has 0 saturated carbocycles. The molecule has 1 amide bonds. The van der Waals surface area contributed by atoms with E-state index < -0.39 is 5.54 Å². The molecule has 2 rings (SSSR count). The number of primary amides is 1. The third kappa shape index (κ3) is 2.51. The summed E-state index contributed by atoms with van der Waals surface area (Å²) >= 11 is 0. The molecule has 1 aromatic heterocycles. The third-order valence-electron chi connectivity index (χ3n) is 3.74. The number of carbonyl (C=O) groups is 1. The first-order chi connectivity index (χ1) is 8.55. The molecular formula is C11H20N6O. The Balaban J connectivity index is 1.91. The molecule has 1 atom stereocenters. The van der Waals surface area contributed by atoms with Gasteiger partial charge in [0.15, 0.2) is 0 Å². The molecule has 0 bridgehead atoms. The summed E-state index contributed by atoms with van der Waals surface area (Å²) in [5.41, 5.74) is 4.76. The second-order valence-electron chi connectivity index (χ2n) is 4.91. The Morgan fingerprint density at radius 2 is 2.39 bits per heavy atom. The molecule has 7 heteroatoms. The van der Waals surface area contributed by atoms with Gasteiger partial charge < -0.3 is 15.6 Å². The molecule has 0 fully saturated rings. The molecule has 1 aliphatic heterocycles. The highest BCUT2D eigenvalue weighted by atomic mass is 16.1. The first-order valence-electron chi connectivity index (χ1n) is 6.13. The summed E-state index contributed by atoms with van der Waals surface area (Å²) in [4.78, 5) is 13.7. The SMILES string of the molecule is CNC(C)(CCN1CCn2cnnc2C1)C(N)=O. The van der Waals surface area contributed by atoms with Crippen LogP contribution in [-0.2, 0) is 17.9 Å². The molecule has 1 aliphatic rings. The molecule has 2 heterocycles. The van der Waals surface area contributed by atoms with E-state index in [1.54, 1.807) is 13.4 Å². The topological polar surface area (TPSA) is 89.1 Å². The molecule has 7 nitrogen and oxygen atoms in total. The lowest BCUT2D eigenvalue weighted by Crippen LogP contribution is -2.53. The zero-order valence-electron chi connectivity index (χ0n) is 10.9. The standard InChI is InChI=1S/C11H20N6O/c1-11(13-2,10(12)18)3-4-16-5-6-17-8-14-15-9(17)7-16/h8,13H,3-7H2,1-2H3,(H2,12,18). The number of nitrogens with zero attached hydrogens (tertiary/aromatic N) is 4. The van der Waals surface area contributed by atoms with Crippen LogP contribution in [0.5, 0.6) is 0 Å². The van der Waals surface area contributed by atoms with Crippen LogP contribution in [0.4, 0.5) is 0 Å². The van der Waals surface area contributed by atoms with Gasteiger partial charge in [0.1, 0.15) is 12.2 Å². The van der Waals surface area contributed by atoms with Crippen molar-refractivity contribution in [1.29, 1.82) is 0 Å². The van der Waals surface area contributed by atoms with Crippen LogP contribution < -0.4 is 11.1 Å². The van der Waals surface area contributed by atoms with E-state index in [4.69, 9.17) is 5.73 Å². The lowest BCUT2D eigenvalue weighted by Gasteiger charge is -2.31. The van der Waals surface area contributed by atoms with Crippen LogP contribution in [0.3, 0.4) is 0 Å². The van der Waals surface area contributed by atoms with Crippen LogP contribution in [0, 0.1) is 0 Å². The lowest BCUT2D eigenvalue weighted by atomic mass is 9.97. The van der Waals surface area contributed by atoms with Crippen molar-refractivity contribution >= 4 is 5.91 Å². The van der Waals surface area contributed by atoms with E-state index in [2.05, 4.69) is 25.0 Å². The Morgan fingerprint density at radius 1 is 1.61 bits per heavy atom. The van der Waals surface area contributed by atoms with Gasteiger partial charge in [0.25, 0.3) is 0 Å². The van der Waals surface area contributed by atoms with Crippen LogP contribution in [0.15, 0.2) is 6.33 Å². The van der Waals surface area contributed by atoms with E-state index in [1.165, 1.54) is 0 Å². The predicted molar refractivity (Wildman–Crippen MR) is 66.6 cm³/mol. The lowest BCUT2D eigenvalue weighted by molar-refractivity contribution is -0.124. The Hall–Kier alpha value is -1.47. The van der Waals surface area contributed by atoms with Gasteiger partial charge in [-0.25, -0.2) is 0 Å². The average molecular weight is 252 g/mol. The summed E-state index contributed by atoms with van der Waals surface area (Å²) in [6.07, 6.45) is 2.45. The smallest absolute Gasteiger partial charge is 0.237 e. The number of hydrogen-bond donors (Lipinski definition) is 2. The normalized spacial score (nSPS) is 19.2. The first kappa shape index (κ1) is 13.0. The van der Waals surface area contributed by atoms with Gasteiger partial charge >= 0.3 is 0 Å². The summed E-state index contributed by atoms with van der Waals surface area (Å²) in [5.74, 6) is 0.664. The van der Waals surface area contributed by atoms with Crippen molar-refractivity contribution in [3.8, 4) is 0 Å². The van der Waals surface area contributed by atoms with Gasteiger partial charge in [-0.2, -0.15) is 0 Å². The van der Waals surface area contributed by atoms with Gasteiger partial charge in [-0.15, -0.1) is 10.2 Å². The Bertz CT molecular complexity index is 431. The van der Waals surface area contributed by atoms with E-state index in [0.29, 0.717) is 6.42 Å². The maximum atomic E-state index is 11.4. The quantitative estimate of drug-likeness (QED) is 0.698. The third-order valence-corrected chi connectivity index (χ3v) is 3.74. The van der Waals surface area contributed by atoms with Crippen molar-refractivity contribution in [2.75, 3.05) is 20.1 Å². The molecule has 18 heavy (non-hydrogen) atoms. The fourth-order valence-corrected chi connectivity index (χ4v) is 2.06. The number of hydrogen-bond acceptors (Lipinski definition) is 5. The number of aromatic nitrogens is 3. The minimum absolute atomic E-state index is 0.315. The maximum absolute atomic E-state index is 11.4. The fourth-order valence-electron chi connectivity index (χ4n) is 2.06. The molecule has 0 radical (unpaired) electrons. The Morgan fingerprint density at radius 3 is 3.06 bits per heavy atom. The van der Waals surface area contributed by atoms with Crippen LogP contribution in [0.25, 0.3) is 0 Å². The molecular weight excluding hydrogens is 232 g/mol. The molecule has 0 aliphatic carbocycles. The van der Waals surface area contributed by atoms with Crippen LogP contribution in [0.1, 0.15) is 19.2 Å². The highest BCUT2D eigenvalue weighted by molar-refractivity contribution is 5.84. The minimum atomic E-state index is -0.648. The second kappa shape index (κ2) is 5.03. The van der Waals surface area contributed by atoms with Crippen LogP contribution in [-0.4, -0.2) is 51.2 Å². The van der Waals surface area contributed by atoms with E-state index in [0.717, 1.165) is 32.0 Å². The highest BCUT2D eigenvalue weighted by Crippen LogP contribution is 2.14. The van der Waals surface area contributed by atoms with Crippen LogP contribution >= 0.6 is 0 Å². The van der Waals surface area contributed by atoms with Crippen molar-refractivity contribution < 1.29 is 4.79 Å². The van der Waals surface area contributed by atoms with E-state index in [1.807, 2.05) is 6.92 Å². The summed E-state index contributed by atoms with van der Waals surface area (Å²) in [5, 5.41) is 11.0. The van der Waals surface area contributed by atoms with Gasteiger partial charge in [-0.1, -0.05) is 0 Å². The summed E-state index contributed by atoms with van der Waals surface area (Å²) < 4.78 is 2.06. The molecule has 1 unspecified atom stereocenters. The van der Waals surface area contributed by atoms with Gasteiger partial charge in [-0.3, -0.25) is 9.69 Å². The Kier molecular flexibility index (Phi) is 3.63. The number of likely N-dealkylation sites (N-methyl/N-ethyl adjacent to an activating group) is 1. The predicted octanol–water partition coefficient (Wildman–Crippen LogP) is -1.05. The van der Waals surface area contributed by atoms with Crippen molar-refractivity contribution in [2.45, 2.75) is 32.0 Å². The monoisotopic (exact) mass is 252 g/mol. The largest absolute Gasteiger partial charge is 0.368 e. The molecule has 3 N–H and O–H groups in total. The zero-order valence-corrected chi connectivity index (χ0v) is 10.9. The molecule has 0 saturated heterocycles. The number of nitrogens with two attached hydrogens (primary N) is 1. The van der Waals surface area contributed by atoms with Gasteiger partial charge in [0, 0.05) is 19.6 Å². The molecule has 100 valence electrons. The van der Waals surface area contributed by atoms with E-state index in [9.17, 15) is 4.79 Å². The highest BCUT2D eigenvalue weighted by Gasteiger charge is 2.30. The number of amides is 1. The van der Waals surface area contributed by atoms with Crippen molar-refractivity contribution in [3.63, 3.8) is 0 Å². The summed E-state index contributed by atoms with van der Waals surface area (Å²) in [6, 6.07) is 0. The van der Waals surface area contributed by atoms with Crippen molar-refractivity contribution in [1.82, 2.24) is 25.0 Å². The molecule has 0 spiro atoms. The summed E-state index contributed by atoms with van der Waals surface area (Å²) in [6.45, 7) is 5.27.